The van der Waals surface area contributed by atoms with Crippen molar-refractivity contribution in [3.63, 3.8) is 0 Å². The SMILES string of the molecule is c1cc(NC2CCCNC2)c2ncoc2n1. The van der Waals surface area contributed by atoms with E-state index >= 15 is 0 Å². The molecular weight excluding hydrogens is 204 g/mol. The highest BCUT2D eigenvalue weighted by atomic mass is 16.3. The molecule has 1 unspecified atom stereocenters. The van der Waals surface area contributed by atoms with Crippen LogP contribution >= 0.6 is 0 Å². The monoisotopic (exact) mass is 218 g/mol. The molecule has 0 amide bonds. The van der Waals surface area contributed by atoms with Crippen LogP contribution in [0.2, 0.25) is 0 Å². The fourth-order valence-corrected chi connectivity index (χ4v) is 2.09. The van der Waals surface area contributed by atoms with Crippen molar-refractivity contribution in [3.8, 4) is 0 Å². The van der Waals surface area contributed by atoms with Gasteiger partial charge in [0.2, 0.25) is 5.71 Å². The maximum Gasteiger partial charge on any atom is 0.248 e. The second kappa shape index (κ2) is 4.09. The highest BCUT2D eigenvalue weighted by Crippen LogP contribution is 2.21. The molecule has 0 radical (unpaired) electrons. The number of oxazole rings is 1. The van der Waals surface area contributed by atoms with E-state index in [0.717, 1.165) is 24.3 Å². The lowest BCUT2D eigenvalue weighted by Gasteiger charge is -2.24. The summed E-state index contributed by atoms with van der Waals surface area (Å²) >= 11 is 0. The molecule has 3 heterocycles. The fourth-order valence-electron chi connectivity index (χ4n) is 2.09. The molecule has 1 saturated heterocycles. The average molecular weight is 218 g/mol. The van der Waals surface area contributed by atoms with Crippen LogP contribution in [0.15, 0.2) is 23.1 Å². The Hall–Kier alpha value is -1.62. The van der Waals surface area contributed by atoms with Crippen LogP contribution < -0.4 is 10.6 Å². The third-order valence-corrected chi connectivity index (χ3v) is 2.89. The van der Waals surface area contributed by atoms with E-state index in [9.17, 15) is 0 Å². The Morgan fingerprint density at radius 2 is 2.44 bits per heavy atom. The summed E-state index contributed by atoms with van der Waals surface area (Å²) < 4.78 is 5.17. The van der Waals surface area contributed by atoms with E-state index in [1.165, 1.54) is 19.2 Å². The van der Waals surface area contributed by atoms with Crippen LogP contribution in [0.25, 0.3) is 11.2 Å². The predicted molar refractivity (Wildman–Crippen MR) is 61.3 cm³/mol. The van der Waals surface area contributed by atoms with E-state index in [0.29, 0.717) is 11.8 Å². The normalized spacial score (nSPS) is 21.1. The van der Waals surface area contributed by atoms with Crippen molar-refractivity contribution in [1.82, 2.24) is 15.3 Å². The van der Waals surface area contributed by atoms with E-state index in [2.05, 4.69) is 20.6 Å². The molecule has 1 atom stereocenters. The number of hydrogen-bond donors (Lipinski definition) is 2. The molecule has 84 valence electrons. The number of fused-ring (bicyclic) bond motifs is 1. The minimum atomic E-state index is 0.469. The minimum absolute atomic E-state index is 0.469. The van der Waals surface area contributed by atoms with Gasteiger partial charge in [-0.25, -0.2) is 9.97 Å². The Balaban J connectivity index is 1.85. The summed E-state index contributed by atoms with van der Waals surface area (Å²) in [4.78, 5) is 8.28. The van der Waals surface area contributed by atoms with Gasteiger partial charge in [-0.3, -0.25) is 0 Å². The van der Waals surface area contributed by atoms with Gasteiger partial charge in [0.05, 0.1) is 5.69 Å². The summed E-state index contributed by atoms with van der Waals surface area (Å²) in [5, 5.41) is 6.86. The summed E-state index contributed by atoms with van der Waals surface area (Å²) in [6.45, 7) is 2.12. The van der Waals surface area contributed by atoms with Gasteiger partial charge in [0.1, 0.15) is 0 Å². The molecule has 3 rings (SSSR count). The van der Waals surface area contributed by atoms with E-state index in [1.807, 2.05) is 6.07 Å². The molecule has 2 N–H and O–H groups in total. The minimum Gasteiger partial charge on any atom is -0.425 e. The Morgan fingerprint density at radius 3 is 3.31 bits per heavy atom. The highest BCUT2D eigenvalue weighted by molar-refractivity contribution is 5.83. The smallest absolute Gasteiger partial charge is 0.248 e. The van der Waals surface area contributed by atoms with E-state index in [4.69, 9.17) is 4.42 Å². The number of rotatable bonds is 2. The Kier molecular flexibility index (Phi) is 2.46. The topological polar surface area (TPSA) is 63.0 Å². The van der Waals surface area contributed by atoms with Crippen molar-refractivity contribution in [2.75, 3.05) is 18.4 Å². The van der Waals surface area contributed by atoms with Gasteiger partial charge in [-0.1, -0.05) is 0 Å². The standard InChI is InChI=1S/C11H14N4O/c1-2-8(6-12-4-1)15-9-3-5-13-11-10(9)14-7-16-11/h3,5,7-8,12H,1-2,4,6H2,(H,13,15). The maximum atomic E-state index is 5.17. The number of anilines is 1. The summed E-state index contributed by atoms with van der Waals surface area (Å²) in [5.41, 5.74) is 2.41. The van der Waals surface area contributed by atoms with Crippen molar-refractivity contribution < 1.29 is 4.42 Å². The fraction of sp³-hybridized carbons (Fsp3) is 0.455. The van der Waals surface area contributed by atoms with Gasteiger partial charge >= 0.3 is 0 Å². The zero-order valence-electron chi connectivity index (χ0n) is 8.94. The summed E-state index contributed by atoms with van der Waals surface area (Å²) in [7, 11) is 0. The molecule has 0 aliphatic carbocycles. The largest absolute Gasteiger partial charge is 0.425 e. The molecule has 1 aliphatic rings. The van der Waals surface area contributed by atoms with Crippen LogP contribution in [-0.2, 0) is 0 Å². The number of nitrogens with one attached hydrogen (secondary N) is 2. The van der Waals surface area contributed by atoms with Gasteiger partial charge < -0.3 is 15.1 Å². The van der Waals surface area contributed by atoms with Gasteiger partial charge in [0.15, 0.2) is 11.9 Å². The van der Waals surface area contributed by atoms with Crippen LogP contribution in [0.1, 0.15) is 12.8 Å². The summed E-state index contributed by atoms with van der Waals surface area (Å²) in [5.74, 6) is 0. The number of nitrogens with zero attached hydrogens (tertiary/aromatic N) is 2. The number of aromatic nitrogens is 2. The zero-order valence-corrected chi connectivity index (χ0v) is 8.94. The second-order valence-corrected chi connectivity index (χ2v) is 4.05. The highest BCUT2D eigenvalue weighted by Gasteiger charge is 2.14. The van der Waals surface area contributed by atoms with E-state index < -0.39 is 0 Å². The van der Waals surface area contributed by atoms with Crippen molar-refractivity contribution in [3.05, 3.63) is 18.7 Å². The second-order valence-electron chi connectivity index (χ2n) is 4.05. The summed E-state index contributed by atoms with van der Waals surface area (Å²) in [6, 6.07) is 2.41. The quantitative estimate of drug-likeness (QED) is 0.797. The molecular formula is C11H14N4O. The Bertz CT molecular complexity index is 476. The number of piperidine rings is 1. The first-order valence-electron chi connectivity index (χ1n) is 5.59. The third kappa shape index (κ3) is 1.74. The van der Waals surface area contributed by atoms with Gasteiger partial charge in [0.25, 0.3) is 0 Å². The molecule has 5 heteroatoms. The first-order valence-corrected chi connectivity index (χ1v) is 5.59. The molecule has 0 aromatic carbocycles. The predicted octanol–water partition coefficient (Wildman–Crippen LogP) is 1.39. The van der Waals surface area contributed by atoms with Gasteiger partial charge in [-0.2, -0.15) is 0 Å². The van der Waals surface area contributed by atoms with Gasteiger partial charge in [-0.05, 0) is 25.5 Å². The lowest BCUT2D eigenvalue weighted by Crippen LogP contribution is -2.38. The van der Waals surface area contributed by atoms with Crippen molar-refractivity contribution in [1.29, 1.82) is 0 Å². The van der Waals surface area contributed by atoms with Gasteiger partial charge in [0, 0.05) is 18.8 Å². The molecule has 5 nitrogen and oxygen atoms in total. The maximum absolute atomic E-state index is 5.17. The number of pyridine rings is 1. The van der Waals surface area contributed by atoms with Gasteiger partial charge in [-0.15, -0.1) is 0 Å². The van der Waals surface area contributed by atoms with Crippen LogP contribution in [0.4, 0.5) is 5.69 Å². The van der Waals surface area contributed by atoms with Crippen molar-refractivity contribution in [2.24, 2.45) is 0 Å². The van der Waals surface area contributed by atoms with Crippen LogP contribution in [-0.4, -0.2) is 29.1 Å². The van der Waals surface area contributed by atoms with E-state index in [-0.39, 0.29) is 0 Å². The van der Waals surface area contributed by atoms with E-state index in [1.54, 1.807) is 6.20 Å². The van der Waals surface area contributed by atoms with Crippen molar-refractivity contribution >= 4 is 16.9 Å². The number of hydrogen-bond acceptors (Lipinski definition) is 5. The van der Waals surface area contributed by atoms with Crippen molar-refractivity contribution in [2.45, 2.75) is 18.9 Å². The zero-order chi connectivity index (χ0) is 10.8. The van der Waals surface area contributed by atoms with Crippen LogP contribution in [0, 0.1) is 0 Å². The molecule has 0 bridgehead atoms. The van der Waals surface area contributed by atoms with Crippen LogP contribution in [0.5, 0.6) is 0 Å². The first-order chi connectivity index (χ1) is 7.93. The Morgan fingerprint density at radius 1 is 1.44 bits per heavy atom. The molecule has 2 aromatic heterocycles. The molecule has 1 fully saturated rings. The third-order valence-electron chi connectivity index (χ3n) is 2.89. The lowest BCUT2D eigenvalue weighted by molar-refractivity contribution is 0.480. The molecule has 16 heavy (non-hydrogen) atoms. The molecule has 0 spiro atoms. The molecule has 0 saturated carbocycles. The molecule has 2 aromatic rings. The summed E-state index contributed by atoms with van der Waals surface area (Å²) in [6.07, 6.45) is 5.58. The first kappa shape index (κ1) is 9.59. The average Bonchev–Trinajstić information content (AvgIpc) is 2.80. The molecule has 1 aliphatic heterocycles. The lowest BCUT2D eigenvalue weighted by atomic mass is 10.1. The Labute approximate surface area is 93.3 Å². The van der Waals surface area contributed by atoms with Crippen LogP contribution in [0.3, 0.4) is 0 Å².